The molecule has 1 aromatic heterocycles. The van der Waals surface area contributed by atoms with E-state index in [9.17, 15) is 72.5 Å². The van der Waals surface area contributed by atoms with Gasteiger partial charge in [-0.3, -0.25) is 67.3 Å². The molecule has 19 N–H and O–H groups in total. The lowest BCUT2D eigenvalue weighted by Gasteiger charge is -2.29. The number of Topliss-reactive ketones (excluding diaryl/α,β-unsaturated/α-hetero) is 5. The van der Waals surface area contributed by atoms with Gasteiger partial charge in [-0.15, -0.1) is 0 Å². The molecular formula is C57H86N14O16S2. The molecule has 1 aliphatic rings. The van der Waals surface area contributed by atoms with Crippen LogP contribution in [0.3, 0.4) is 0 Å². The van der Waals surface area contributed by atoms with Gasteiger partial charge in [-0.05, 0) is 63.5 Å². The van der Waals surface area contributed by atoms with E-state index < -0.39 is 176 Å². The van der Waals surface area contributed by atoms with E-state index in [1.54, 1.807) is 37.4 Å². The average Bonchev–Trinajstić information content (AvgIpc) is 2.25. The number of carbonyl (C=O) groups is 14. The van der Waals surface area contributed by atoms with E-state index in [0.29, 0.717) is 16.5 Å². The van der Waals surface area contributed by atoms with Crippen molar-refractivity contribution in [3.05, 3.63) is 36.0 Å². The van der Waals surface area contributed by atoms with Gasteiger partial charge in [-0.25, -0.2) is 4.79 Å². The second-order valence-corrected chi connectivity index (χ2v) is 24.2. The zero-order valence-electron chi connectivity index (χ0n) is 51.2. The number of primary amides is 2. The average molecular weight is 1290 g/mol. The topological polar surface area (TPSA) is 513 Å². The third-order valence-corrected chi connectivity index (χ3v) is 17.4. The number of ketones is 5. The predicted octanol–water partition coefficient (Wildman–Crippen LogP) is -1.74. The Hall–Kier alpha value is -7.97. The number of aliphatic hydroxyl groups is 1. The lowest BCUT2D eigenvalue weighted by molar-refractivity contribution is -0.148. The maximum atomic E-state index is 15.0. The van der Waals surface area contributed by atoms with Crippen LogP contribution in [0, 0.1) is 23.7 Å². The first kappa shape index (κ1) is 73.5. The number of carboxylic acids is 1. The van der Waals surface area contributed by atoms with E-state index in [0.717, 1.165) is 33.4 Å². The molecule has 10 atom stereocenters. The number of rotatable bonds is 44. The number of urea groups is 1. The lowest BCUT2D eigenvalue weighted by Crippen LogP contribution is -2.50. The van der Waals surface area contributed by atoms with Gasteiger partial charge >= 0.3 is 12.0 Å². The summed E-state index contributed by atoms with van der Waals surface area (Å²) < 4.78 is 7.23. The highest BCUT2D eigenvalue weighted by Crippen LogP contribution is 2.30. The van der Waals surface area contributed by atoms with Crippen molar-refractivity contribution in [1.29, 1.82) is 0 Å². The number of nitrogens with two attached hydrogens (primary N) is 5. The van der Waals surface area contributed by atoms with Crippen molar-refractivity contribution in [2.45, 2.75) is 146 Å². The van der Waals surface area contributed by atoms with Crippen LogP contribution >= 0.6 is 21.6 Å². The summed E-state index contributed by atoms with van der Waals surface area (Å²) in [5.41, 5.74) is 28.7. The molecule has 3 rings (SSSR count). The molecule has 1 fully saturated rings. The first-order chi connectivity index (χ1) is 42.6. The van der Waals surface area contributed by atoms with Gasteiger partial charge in [-0.1, -0.05) is 46.7 Å². The molecule has 492 valence electrons. The van der Waals surface area contributed by atoms with Gasteiger partial charge in [0.1, 0.15) is 7.41 Å². The minimum atomic E-state index is -1.66. The normalized spacial score (nSPS) is 16.0. The third kappa shape index (κ3) is 26.0. The smallest absolute Gasteiger partial charge is 0.312 e. The van der Waals surface area contributed by atoms with Crippen LogP contribution in [0.1, 0.15) is 111 Å². The van der Waals surface area contributed by atoms with Gasteiger partial charge in [0, 0.05) is 118 Å². The summed E-state index contributed by atoms with van der Waals surface area (Å²) in [7, 11) is 3.43. The minimum Gasteiger partial charge on any atom is -0.481 e. The number of aromatic amines is 1. The van der Waals surface area contributed by atoms with Crippen molar-refractivity contribution >= 4 is 121 Å². The second kappa shape index (κ2) is 39.1. The van der Waals surface area contributed by atoms with Crippen LogP contribution in [-0.4, -0.2) is 190 Å². The van der Waals surface area contributed by atoms with Crippen molar-refractivity contribution in [3.8, 4) is 0 Å². The standard InChI is InChI=1S/C57H86N14O16S2/c1-4-43(74)40(68-49(80)26-58)28-88-89-29-41(70-54(85)33(10-7-17-64-56(60)61)23-46(77)42-14-9-19-71(42)55(86)35(25-50(81)82)24-47(78)51(31(2)73)67-30-72)45(76)21-32(11-8-18-65-57(62)87)53(84)69-39(20-36-27-66-38-13-6-5-12-37(36)38)44(75)22-34(52(83)63-3)15-16-48(59)79/h5-6,12-13,27,30-35,39-42,51,66,73H,4,7-11,14-26,28-29,58H2,1-3H3,(H2,59,79)(H,63,83)(H,67,72)(H,68,80)(H,69,84)(H,70,85)(H,81,82)(H4,60,61,64)(H3,62,65,87)/t31-,32-,33-,34-,35+,39+,40+,41+,42+,51+/m1/s1/i30H. The van der Waals surface area contributed by atoms with Crippen LogP contribution < -0.4 is 60.6 Å². The molecule has 0 saturated carbocycles. The number of aliphatic carboxylic acids is 1. The van der Waals surface area contributed by atoms with Crippen LogP contribution in [-0.2, 0) is 68.7 Å². The number of amides is 9. The van der Waals surface area contributed by atoms with Gasteiger partial charge in [0.05, 0.1) is 49.2 Å². The van der Waals surface area contributed by atoms with Gasteiger partial charge < -0.3 is 80.7 Å². The highest BCUT2D eigenvalue weighted by Gasteiger charge is 2.41. The number of para-hydroxylation sites is 1. The number of hydrogen-bond donors (Lipinski definition) is 14. The SMILES string of the molecule is [1H]C(=O)N[C@H](C(=O)C[C@@H](CC(=O)O)C(=O)N1CCC[C@H]1C(=O)C[C@@H](CCCN=C(N)N)C(=O)N[C@@H](CSSC[C@H](NC(=O)CN)C(=O)CC)C(=O)C[C@@H](CCCNC(N)=O)C(=O)N[C@@H](Cc1c[nH]c2ccccc12)C(=O)C[C@@H](CCC(N)=O)C(=O)NC)[C@@H](C)O. The fourth-order valence-corrected chi connectivity index (χ4v) is 12.6. The number of aliphatic hydroxyl groups excluding tert-OH is 1. The van der Waals surface area contributed by atoms with Crippen molar-refractivity contribution in [2.24, 2.45) is 57.3 Å². The van der Waals surface area contributed by atoms with E-state index in [4.69, 9.17) is 30.0 Å². The number of guanidine groups is 1. The second-order valence-electron chi connectivity index (χ2n) is 21.6. The summed E-state index contributed by atoms with van der Waals surface area (Å²) in [6.45, 7) is 2.19. The zero-order valence-corrected chi connectivity index (χ0v) is 51.9. The fraction of sp³-hybridized carbons (Fsp3) is 0.596. The Morgan fingerprint density at radius 1 is 0.787 bits per heavy atom. The summed E-state index contributed by atoms with van der Waals surface area (Å²) in [5.74, 6) is -14.9. The van der Waals surface area contributed by atoms with Gasteiger partial charge in [0.2, 0.25) is 41.8 Å². The number of aliphatic imine (C=N–C) groups is 1. The first-order valence-electron chi connectivity index (χ1n) is 29.7. The van der Waals surface area contributed by atoms with Crippen molar-refractivity contribution < 1.29 is 78.7 Å². The molecule has 0 bridgehead atoms. The number of fused-ring (bicyclic) bond motifs is 1. The quantitative estimate of drug-likeness (QED) is 0.0115. The number of nitrogens with one attached hydrogen (secondary N) is 7. The molecule has 0 aliphatic carbocycles. The van der Waals surface area contributed by atoms with Crippen LogP contribution in [0.4, 0.5) is 4.79 Å². The number of H-pyrrole nitrogens is 1. The summed E-state index contributed by atoms with van der Waals surface area (Å²) in [4.78, 5) is 195. The molecular weight excluding hydrogens is 1200 g/mol. The predicted molar refractivity (Wildman–Crippen MR) is 330 cm³/mol. The number of carboxylic acid groups (broad SMARTS) is 1. The molecule has 9 amide bonds. The van der Waals surface area contributed by atoms with Crippen LogP contribution in [0.5, 0.6) is 0 Å². The lowest BCUT2D eigenvalue weighted by atomic mass is 9.89. The van der Waals surface area contributed by atoms with E-state index >= 15 is 4.79 Å². The van der Waals surface area contributed by atoms with Crippen LogP contribution in [0.2, 0.25) is 0 Å². The number of aromatic nitrogens is 1. The number of benzene rings is 1. The number of nitrogens with zero attached hydrogens (tertiary/aromatic N) is 2. The van der Waals surface area contributed by atoms with Gasteiger partial charge in [-0.2, -0.15) is 0 Å². The molecule has 30 nitrogen and oxygen atoms in total. The minimum absolute atomic E-state index is 0.0200. The summed E-state index contributed by atoms with van der Waals surface area (Å²) >= 11 is 0. The van der Waals surface area contributed by atoms with Crippen molar-refractivity contribution in [2.75, 3.05) is 44.7 Å². The number of likely N-dealkylation sites (tertiary alicyclic amines) is 1. The molecule has 2 aromatic rings. The Morgan fingerprint density at radius 2 is 1.38 bits per heavy atom. The molecule has 1 aromatic carbocycles. The summed E-state index contributed by atoms with van der Waals surface area (Å²) in [6.07, 6.45) is -4.73. The van der Waals surface area contributed by atoms with Crippen LogP contribution in [0.25, 0.3) is 10.9 Å². The summed E-state index contributed by atoms with van der Waals surface area (Å²) in [5, 5.41) is 35.7. The Balaban J connectivity index is 2.11. The maximum absolute atomic E-state index is 15.0. The van der Waals surface area contributed by atoms with Gasteiger partial charge in [0.25, 0.3) is 0 Å². The Bertz CT molecular complexity index is 2910. The summed E-state index contributed by atoms with van der Waals surface area (Å²) in [6, 6.07) is -0.423. The van der Waals surface area contributed by atoms with Crippen LogP contribution in [0.15, 0.2) is 35.5 Å². The third-order valence-electron chi connectivity index (χ3n) is 15.0. The highest BCUT2D eigenvalue weighted by atomic mass is 33.1. The van der Waals surface area contributed by atoms with E-state index in [1.165, 1.54) is 7.05 Å². The fourth-order valence-electron chi connectivity index (χ4n) is 10.2. The van der Waals surface area contributed by atoms with E-state index in [1.807, 2.05) is 5.32 Å². The van der Waals surface area contributed by atoms with E-state index in [-0.39, 0.29) is 107 Å². The molecule has 2 heterocycles. The first-order valence-corrected chi connectivity index (χ1v) is 31.7. The molecule has 89 heavy (non-hydrogen) atoms. The number of carbonyl (C=O) groups excluding carboxylic acids is 13. The highest BCUT2D eigenvalue weighted by molar-refractivity contribution is 8.76. The molecule has 0 unspecified atom stereocenters. The van der Waals surface area contributed by atoms with E-state index in [2.05, 4.69) is 36.6 Å². The molecule has 1 aliphatic heterocycles. The molecule has 0 radical (unpaired) electrons. The van der Waals surface area contributed by atoms with Crippen molar-refractivity contribution in [3.63, 3.8) is 0 Å². The van der Waals surface area contributed by atoms with Crippen molar-refractivity contribution in [1.82, 2.24) is 41.8 Å². The Kier molecular flexibility index (Phi) is 32.3. The largest absolute Gasteiger partial charge is 0.481 e. The number of hydrogen-bond acceptors (Lipinski definition) is 19. The molecule has 32 heteroatoms. The molecule has 0 spiro atoms. The van der Waals surface area contributed by atoms with Gasteiger partial charge in [0.15, 0.2) is 34.9 Å². The zero-order chi connectivity index (χ0) is 67.2. The maximum Gasteiger partial charge on any atom is 0.312 e. The monoisotopic (exact) mass is 1290 g/mol. The Labute approximate surface area is 524 Å². The Morgan fingerprint density at radius 3 is 1.97 bits per heavy atom. The molecule has 1 saturated heterocycles.